The molecule has 0 N–H and O–H groups in total. The van der Waals surface area contributed by atoms with Crippen LogP contribution in [0.4, 0.5) is 4.39 Å². The Bertz CT molecular complexity index is 530. The average molecular weight is 309 g/mol. The van der Waals surface area contributed by atoms with Gasteiger partial charge in [-0.15, -0.1) is 0 Å². The molecule has 1 atom stereocenters. The molecule has 3 fully saturated rings. The molecule has 1 amide bonds. The number of likely N-dealkylation sites (tertiary alicyclic amines) is 1. The van der Waals surface area contributed by atoms with Crippen LogP contribution < -0.4 is 0 Å². The van der Waals surface area contributed by atoms with E-state index in [9.17, 15) is 4.79 Å². The maximum Gasteiger partial charge on any atom is 0.525 e. The van der Waals surface area contributed by atoms with Gasteiger partial charge in [-0.25, -0.2) is 4.39 Å². The van der Waals surface area contributed by atoms with Gasteiger partial charge in [0.25, 0.3) is 0 Å². The Morgan fingerprint density at radius 2 is 1.77 bits per heavy atom. The summed E-state index contributed by atoms with van der Waals surface area (Å²) in [5, 5.41) is 0. The average Bonchev–Trinajstić information content (AvgIpc) is 3.03. The van der Waals surface area contributed by atoms with Crippen molar-refractivity contribution in [1.29, 1.82) is 0 Å². The van der Waals surface area contributed by atoms with Crippen molar-refractivity contribution >= 4 is 13.0 Å². The highest BCUT2D eigenvalue weighted by atomic mass is 19.1. The van der Waals surface area contributed by atoms with Crippen molar-refractivity contribution in [3.05, 3.63) is 11.3 Å². The minimum atomic E-state index is -0.992. The number of amides is 1. The van der Waals surface area contributed by atoms with Gasteiger partial charge in [0, 0.05) is 13.6 Å². The summed E-state index contributed by atoms with van der Waals surface area (Å²) in [6.45, 7) is 8.32. The summed E-state index contributed by atoms with van der Waals surface area (Å²) in [6.07, 6.45) is 2.90. The zero-order valence-corrected chi connectivity index (χ0v) is 14.2. The maximum atomic E-state index is 15.2. The Morgan fingerprint density at radius 3 is 2.27 bits per heavy atom. The van der Waals surface area contributed by atoms with E-state index in [4.69, 9.17) is 9.31 Å². The number of carbonyl (C=O) groups excluding carboxylic acids is 1. The van der Waals surface area contributed by atoms with E-state index in [0.29, 0.717) is 25.0 Å². The van der Waals surface area contributed by atoms with E-state index in [-0.39, 0.29) is 11.6 Å². The SMILES string of the molecule is CN1CCC2(CCCC2=C(F)B2OC(C)(C)C(C)(C)O2)C1=O. The van der Waals surface area contributed by atoms with E-state index in [1.54, 1.807) is 11.9 Å². The van der Waals surface area contributed by atoms with Crippen LogP contribution in [0.2, 0.25) is 0 Å². The van der Waals surface area contributed by atoms with Crippen molar-refractivity contribution < 1.29 is 18.5 Å². The molecule has 3 rings (SSSR count). The number of halogens is 1. The molecular formula is C16H25BFNO3. The molecule has 4 nitrogen and oxygen atoms in total. The largest absolute Gasteiger partial charge is 0.525 e. The Hall–Kier alpha value is -0.875. The Kier molecular flexibility index (Phi) is 3.50. The van der Waals surface area contributed by atoms with E-state index >= 15 is 4.39 Å². The van der Waals surface area contributed by atoms with Crippen LogP contribution in [0.3, 0.4) is 0 Å². The van der Waals surface area contributed by atoms with Gasteiger partial charge >= 0.3 is 7.12 Å². The molecule has 22 heavy (non-hydrogen) atoms. The van der Waals surface area contributed by atoms with Crippen LogP contribution in [-0.4, -0.2) is 42.7 Å². The van der Waals surface area contributed by atoms with Gasteiger partial charge in [-0.1, -0.05) is 0 Å². The lowest BCUT2D eigenvalue weighted by Crippen LogP contribution is -2.41. The van der Waals surface area contributed by atoms with Crippen LogP contribution in [0, 0.1) is 5.41 Å². The topological polar surface area (TPSA) is 38.8 Å². The Labute approximate surface area is 132 Å². The lowest BCUT2D eigenvalue weighted by atomic mass is 9.73. The molecule has 1 spiro atoms. The predicted octanol–water partition coefficient (Wildman–Crippen LogP) is 2.87. The Morgan fingerprint density at radius 1 is 1.18 bits per heavy atom. The zero-order chi connectivity index (χ0) is 16.3. The normalized spacial score (nSPS) is 35.8. The molecular weight excluding hydrogens is 284 g/mol. The van der Waals surface area contributed by atoms with Gasteiger partial charge in [-0.2, -0.15) is 0 Å². The van der Waals surface area contributed by atoms with Crippen molar-refractivity contribution in [2.24, 2.45) is 5.41 Å². The summed E-state index contributed by atoms with van der Waals surface area (Å²) in [5.41, 5.74) is -1.56. The minimum absolute atomic E-state index is 0.0478. The third-order valence-electron chi connectivity index (χ3n) is 5.99. The van der Waals surface area contributed by atoms with Gasteiger partial charge in [0.1, 0.15) is 5.73 Å². The number of carbonyl (C=O) groups is 1. The van der Waals surface area contributed by atoms with Gasteiger partial charge < -0.3 is 14.2 Å². The molecule has 1 saturated carbocycles. The third-order valence-corrected chi connectivity index (χ3v) is 5.99. The van der Waals surface area contributed by atoms with Crippen molar-refractivity contribution in [3.63, 3.8) is 0 Å². The first-order valence-electron chi connectivity index (χ1n) is 8.11. The van der Waals surface area contributed by atoms with Crippen molar-refractivity contribution in [2.75, 3.05) is 13.6 Å². The third kappa shape index (κ3) is 2.07. The van der Waals surface area contributed by atoms with Crippen LogP contribution in [0.5, 0.6) is 0 Å². The predicted molar refractivity (Wildman–Crippen MR) is 82.8 cm³/mol. The highest BCUT2D eigenvalue weighted by molar-refractivity contribution is 6.54. The lowest BCUT2D eigenvalue weighted by Gasteiger charge is -2.32. The van der Waals surface area contributed by atoms with Crippen molar-refractivity contribution in [1.82, 2.24) is 4.90 Å². The highest BCUT2D eigenvalue weighted by Crippen LogP contribution is 2.52. The van der Waals surface area contributed by atoms with Gasteiger partial charge in [-0.3, -0.25) is 4.79 Å². The first kappa shape index (κ1) is 16.0. The first-order chi connectivity index (χ1) is 10.1. The summed E-state index contributed by atoms with van der Waals surface area (Å²) in [6, 6.07) is 0. The second kappa shape index (κ2) is 4.81. The summed E-state index contributed by atoms with van der Waals surface area (Å²) >= 11 is 0. The number of nitrogens with zero attached hydrogens (tertiary/aromatic N) is 1. The fraction of sp³-hybridized carbons (Fsp3) is 0.812. The second-order valence-electron chi connectivity index (χ2n) is 7.83. The molecule has 2 saturated heterocycles. The lowest BCUT2D eigenvalue weighted by molar-refractivity contribution is -0.133. The van der Waals surface area contributed by atoms with E-state index in [0.717, 1.165) is 12.8 Å². The van der Waals surface area contributed by atoms with Crippen LogP contribution in [-0.2, 0) is 14.1 Å². The fourth-order valence-electron chi connectivity index (χ4n) is 3.84. The molecule has 2 heterocycles. The molecule has 0 aromatic heterocycles. The fourth-order valence-corrected chi connectivity index (χ4v) is 3.84. The van der Waals surface area contributed by atoms with Gasteiger partial charge in [0.2, 0.25) is 5.91 Å². The van der Waals surface area contributed by atoms with E-state index < -0.39 is 23.7 Å². The number of hydrogen-bond donors (Lipinski definition) is 0. The standard InChI is InChI=1S/C16H25BFNO3/c1-14(2)15(3,4)22-17(21-14)12(18)11-7-6-8-16(11)9-10-19(5)13(16)20/h6-10H2,1-5H3. The van der Waals surface area contributed by atoms with Gasteiger partial charge in [0.05, 0.1) is 16.6 Å². The summed E-state index contributed by atoms with van der Waals surface area (Å²) in [5.74, 6) is 0.0478. The zero-order valence-electron chi connectivity index (χ0n) is 14.2. The van der Waals surface area contributed by atoms with Crippen LogP contribution in [0.25, 0.3) is 0 Å². The maximum absolute atomic E-state index is 15.2. The summed E-state index contributed by atoms with van der Waals surface area (Å²) < 4.78 is 26.8. The molecule has 0 aromatic carbocycles. The van der Waals surface area contributed by atoms with E-state index in [2.05, 4.69) is 0 Å². The molecule has 6 heteroatoms. The van der Waals surface area contributed by atoms with Crippen LogP contribution in [0.1, 0.15) is 53.4 Å². The molecule has 1 aliphatic carbocycles. The molecule has 3 aliphatic rings. The Balaban J connectivity index is 1.95. The van der Waals surface area contributed by atoms with E-state index in [1.807, 2.05) is 27.7 Å². The van der Waals surface area contributed by atoms with Crippen molar-refractivity contribution in [2.45, 2.75) is 64.6 Å². The summed E-state index contributed by atoms with van der Waals surface area (Å²) in [4.78, 5) is 14.3. The quantitative estimate of drug-likeness (QED) is 0.699. The van der Waals surface area contributed by atoms with Crippen LogP contribution in [0.15, 0.2) is 11.3 Å². The first-order valence-corrected chi connectivity index (χ1v) is 8.11. The van der Waals surface area contributed by atoms with Crippen molar-refractivity contribution in [3.8, 4) is 0 Å². The smallest absolute Gasteiger partial charge is 0.398 e. The minimum Gasteiger partial charge on any atom is -0.398 e. The van der Waals surface area contributed by atoms with E-state index in [1.165, 1.54) is 0 Å². The molecule has 1 unspecified atom stereocenters. The molecule has 0 radical (unpaired) electrons. The van der Waals surface area contributed by atoms with Crippen LogP contribution >= 0.6 is 0 Å². The number of hydrogen-bond acceptors (Lipinski definition) is 3. The molecule has 122 valence electrons. The monoisotopic (exact) mass is 309 g/mol. The molecule has 0 bridgehead atoms. The highest BCUT2D eigenvalue weighted by Gasteiger charge is 2.57. The molecule has 0 aromatic rings. The molecule has 2 aliphatic heterocycles. The second-order valence-corrected chi connectivity index (χ2v) is 7.83. The number of rotatable bonds is 1. The van der Waals surface area contributed by atoms with Gasteiger partial charge in [0.15, 0.2) is 0 Å². The summed E-state index contributed by atoms with van der Waals surface area (Å²) in [7, 11) is 0.799. The van der Waals surface area contributed by atoms with Gasteiger partial charge in [-0.05, 0) is 59.0 Å².